The van der Waals surface area contributed by atoms with Crippen LogP contribution in [0.2, 0.25) is 0 Å². The van der Waals surface area contributed by atoms with E-state index in [-0.39, 0.29) is 22.6 Å². The zero-order chi connectivity index (χ0) is 26.1. The van der Waals surface area contributed by atoms with Gasteiger partial charge in [-0.05, 0) is 61.0 Å². The highest BCUT2D eigenvalue weighted by Gasteiger charge is 2.30. The molecule has 1 saturated heterocycles. The number of hydrogen-bond acceptors (Lipinski definition) is 8. The summed E-state index contributed by atoms with van der Waals surface area (Å²) in [6.45, 7) is 2.19. The Labute approximate surface area is 218 Å². The van der Waals surface area contributed by atoms with Gasteiger partial charge in [-0.2, -0.15) is 4.98 Å². The van der Waals surface area contributed by atoms with Gasteiger partial charge in [-0.1, -0.05) is 0 Å². The van der Waals surface area contributed by atoms with Crippen molar-refractivity contribution >= 4 is 52.2 Å². The van der Waals surface area contributed by atoms with Crippen LogP contribution in [0.25, 0.3) is 22.2 Å². The van der Waals surface area contributed by atoms with E-state index >= 15 is 0 Å². The van der Waals surface area contributed by atoms with Crippen LogP contribution in [0.15, 0.2) is 39.2 Å². The summed E-state index contributed by atoms with van der Waals surface area (Å²) in [6, 6.07) is 9.54. The maximum absolute atomic E-state index is 13.3. The van der Waals surface area contributed by atoms with Crippen molar-refractivity contribution in [3.8, 4) is 0 Å². The summed E-state index contributed by atoms with van der Waals surface area (Å²) in [7, 11) is 5.31. The van der Waals surface area contributed by atoms with Gasteiger partial charge < -0.3 is 33.7 Å². The predicted molar refractivity (Wildman–Crippen MR) is 142 cm³/mol. The lowest BCUT2D eigenvalue weighted by molar-refractivity contribution is 0.0790. The Bertz CT molecular complexity index is 1520. The Balaban J connectivity index is 1.39. The number of methoxy groups -OCH3 is 1. The summed E-state index contributed by atoms with van der Waals surface area (Å²) in [6.07, 6.45) is 1.48. The zero-order valence-electron chi connectivity index (χ0n) is 21.0. The van der Waals surface area contributed by atoms with E-state index in [2.05, 4.69) is 15.3 Å². The molecule has 1 aliphatic heterocycles. The van der Waals surface area contributed by atoms with Crippen LogP contribution in [0.1, 0.15) is 45.0 Å². The first-order valence-electron chi connectivity index (χ1n) is 12.1. The number of nitrogens with one attached hydrogen (secondary N) is 2. The Morgan fingerprint density at radius 2 is 2.11 bits per heavy atom. The molecule has 194 valence electrons. The standard InChI is InChI=1S/C26H29N5O5S/c1-30(2)25-28-20-12-17(11-18(22(20)36-25)23(32)27-8-4-10-34-3)16-7-9-31(14-16)24(33)15-5-6-19-21(13-15)35-26(37)29-19/h5-6,11-13,16H,4,7-10,14H2,1-3H3,(H,27,32)(H,29,37). The van der Waals surface area contributed by atoms with E-state index in [4.69, 9.17) is 25.8 Å². The Morgan fingerprint density at radius 1 is 1.27 bits per heavy atom. The Kier molecular flexibility index (Phi) is 6.98. The minimum absolute atomic E-state index is 0.0628. The number of anilines is 1. The Hall–Kier alpha value is -3.70. The maximum atomic E-state index is 13.3. The maximum Gasteiger partial charge on any atom is 0.297 e. The number of aromatic amines is 1. The molecule has 10 nitrogen and oxygen atoms in total. The number of carbonyl (C=O) groups excluding carboxylic acids is 2. The number of oxazole rings is 2. The molecule has 0 aliphatic carbocycles. The van der Waals surface area contributed by atoms with Gasteiger partial charge in [0, 0.05) is 58.9 Å². The topological polar surface area (TPSA) is 117 Å². The average molecular weight is 524 g/mol. The summed E-state index contributed by atoms with van der Waals surface area (Å²) in [5.41, 5.74) is 4.32. The fourth-order valence-corrected chi connectivity index (χ4v) is 4.83. The number of likely N-dealkylation sites (tertiary alicyclic amines) is 1. The van der Waals surface area contributed by atoms with Gasteiger partial charge in [-0.25, -0.2) is 0 Å². The van der Waals surface area contributed by atoms with Gasteiger partial charge in [0.1, 0.15) is 5.52 Å². The SMILES string of the molecule is COCCCNC(=O)c1cc(C2CCN(C(=O)c3ccc4[nH]c(=S)oc4c3)C2)cc2nc(N(C)C)oc12. The number of amides is 2. The molecule has 0 spiro atoms. The smallest absolute Gasteiger partial charge is 0.297 e. The van der Waals surface area contributed by atoms with Crippen LogP contribution in [0, 0.1) is 4.84 Å². The lowest BCUT2D eigenvalue weighted by Gasteiger charge is -2.17. The highest BCUT2D eigenvalue weighted by Crippen LogP contribution is 2.33. The number of carbonyl (C=O) groups is 2. The van der Waals surface area contributed by atoms with Crippen molar-refractivity contribution in [2.45, 2.75) is 18.8 Å². The molecular weight excluding hydrogens is 494 g/mol. The van der Waals surface area contributed by atoms with Crippen molar-refractivity contribution in [3.05, 3.63) is 51.9 Å². The normalized spacial score (nSPS) is 15.5. The minimum Gasteiger partial charge on any atom is -0.429 e. The molecular formula is C26H29N5O5S. The van der Waals surface area contributed by atoms with Crippen molar-refractivity contribution in [2.24, 2.45) is 0 Å². The van der Waals surface area contributed by atoms with Gasteiger partial charge in [0.25, 0.3) is 22.7 Å². The third kappa shape index (κ3) is 5.09. The molecule has 0 bridgehead atoms. The van der Waals surface area contributed by atoms with Crippen LogP contribution in [0.4, 0.5) is 6.01 Å². The molecule has 2 aromatic carbocycles. The number of ether oxygens (including phenoxy) is 1. The first-order valence-corrected chi connectivity index (χ1v) is 12.6. The van der Waals surface area contributed by atoms with Crippen LogP contribution in [0.5, 0.6) is 0 Å². The molecule has 2 N–H and O–H groups in total. The lowest BCUT2D eigenvalue weighted by atomic mass is 9.95. The number of fused-ring (bicyclic) bond motifs is 2. The highest BCUT2D eigenvalue weighted by molar-refractivity contribution is 7.71. The number of benzene rings is 2. The van der Waals surface area contributed by atoms with Crippen LogP contribution < -0.4 is 10.2 Å². The lowest BCUT2D eigenvalue weighted by Crippen LogP contribution is -2.28. The quantitative estimate of drug-likeness (QED) is 0.262. The van der Waals surface area contributed by atoms with Gasteiger partial charge in [0.15, 0.2) is 11.2 Å². The van der Waals surface area contributed by atoms with Gasteiger partial charge >= 0.3 is 0 Å². The second-order valence-corrected chi connectivity index (χ2v) is 9.74. The van der Waals surface area contributed by atoms with Gasteiger partial charge in [-0.15, -0.1) is 0 Å². The van der Waals surface area contributed by atoms with Gasteiger partial charge in [0.05, 0.1) is 11.1 Å². The molecule has 0 saturated carbocycles. The largest absolute Gasteiger partial charge is 0.429 e. The summed E-state index contributed by atoms with van der Waals surface area (Å²) in [4.78, 5) is 37.8. The Morgan fingerprint density at radius 3 is 2.89 bits per heavy atom. The van der Waals surface area contributed by atoms with Gasteiger partial charge in [0.2, 0.25) is 0 Å². The second-order valence-electron chi connectivity index (χ2n) is 9.37. The van der Waals surface area contributed by atoms with Crippen LogP contribution in [0.3, 0.4) is 0 Å². The van der Waals surface area contributed by atoms with E-state index < -0.39 is 0 Å². The number of hydrogen-bond donors (Lipinski definition) is 2. The summed E-state index contributed by atoms with van der Waals surface area (Å²) < 4.78 is 16.5. The van der Waals surface area contributed by atoms with Crippen LogP contribution >= 0.6 is 12.2 Å². The first-order chi connectivity index (χ1) is 17.8. The molecule has 5 rings (SSSR count). The monoisotopic (exact) mass is 523 g/mol. The predicted octanol–water partition coefficient (Wildman–Crippen LogP) is 4.09. The summed E-state index contributed by atoms with van der Waals surface area (Å²) in [5, 5.41) is 2.94. The summed E-state index contributed by atoms with van der Waals surface area (Å²) >= 11 is 5.05. The zero-order valence-corrected chi connectivity index (χ0v) is 21.8. The molecule has 1 aliphatic rings. The molecule has 3 heterocycles. The molecule has 1 atom stereocenters. The van der Waals surface area contributed by atoms with Crippen molar-refractivity contribution in [2.75, 3.05) is 52.3 Å². The minimum atomic E-state index is -0.222. The van der Waals surface area contributed by atoms with Crippen molar-refractivity contribution < 1.29 is 23.2 Å². The van der Waals surface area contributed by atoms with E-state index in [1.54, 1.807) is 30.2 Å². The van der Waals surface area contributed by atoms with E-state index in [1.165, 1.54) is 0 Å². The first kappa shape index (κ1) is 25.0. The molecule has 37 heavy (non-hydrogen) atoms. The van der Waals surface area contributed by atoms with Crippen molar-refractivity contribution in [1.29, 1.82) is 0 Å². The number of aromatic nitrogens is 2. The fourth-order valence-electron chi connectivity index (χ4n) is 4.63. The fraction of sp³-hybridized carbons (Fsp3) is 0.385. The molecule has 0 radical (unpaired) electrons. The van der Waals surface area contributed by atoms with Gasteiger partial charge in [-0.3, -0.25) is 9.59 Å². The van der Waals surface area contributed by atoms with Crippen molar-refractivity contribution in [3.63, 3.8) is 0 Å². The van der Waals surface area contributed by atoms with E-state index in [0.29, 0.717) is 66.5 Å². The van der Waals surface area contributed by atoms with E-state index in [9.17, 15) is 9.59 Å². The third-order valence-electron chi connectivity index (χ3n) is 6.55. The molecule has 1 fully saturated rings. The van der Waals surface area contributed by atoms with Crippen LogP contribution in [-0.2, 0) is 4.74 Å². The van der Waals surface area contributed by atoms with E-state index in [0.717, 1.165) is 17.5 Å². The number of nitrogens with zero attached hydrogens (tertiary/aromatic N) is 3. The molecule has 2 aromatic heterocycles. The number of H-pyrrole nitrogens is 1. The van der Waals surface area contributed by atoms with E-state index in [1.807, 2.05) is 31.1 Å². The van der Waals surface area contributed by atoms with Crippen LogP contribution in [-0.4, -0.2) is 74.1 Å². The molecule has 2 amide bonds. The average Bonchev–Trinajstić information content (AvgIpc) is 3.62. The molecule has 11 heteroatoms. The third-order valence-corrected chi connectivity index (χ3v) is 6.74. The second kappa shape index (κ2) is 10.3. The summed E-state index contributed by atoms with van der Waals surface area (Å²) in [5.74, 6) is -0.229. The van der Waals surface area contributed by atoms with Crippen molar-refractivity contribution in [1.82, 2.24) is 20.2 Å². The molecule has 4 aromatic rings. The highest BCUT2D eigenvalue weighted by atomic mass is 32.1. The molecule has 1 unspecified atom stereocenters. The number of rotatable bonds is 8.